The second-order valence-electron chi connectivity index (χ2n) is 5.98. The van der Waals surface area contributed by atoms with Crippen LogP contribution in [0.3, 0.4) is 0 Å². The summed E-state index contributed by atoms with van der Waals surface area (Å²) < 4.78 is 27.5. The number of nitro benzene ring substituents is 1. The molecular formula is C16H16ClN3O5S2. The first kappa shape index (κ1) is 19.7. The number of hydrogen-bond acceptors (Lipinski definition) is 6. The Morgan fingerprint density at radius 3 is 2.74 bits per heavy atom. The second kappa shape index (κ2) is 7.93. The highest BCUT2D eigenvalue weighted by atomic mass is 35.5. The monoisotopic (exact) mass is 429 g/mol. The molecule has 8 nitrogen and oxygen atoms in total. The Labute approximate surface area is 165 Å². The lowest BCUT2D eigenvalue weighted by Crippen LogP contribution is -2.49. The van der Waals surface area contributed by atoms with Gasteiger partial charge in [0.15, 0.2) is 0 Å². The van der Waals surface area contributed by atoms with Crippen molar-refractivity contribution in [3.8, 4) is 0 Å². The zero-order valence-corrected chi connectivity index (χ0v) is 16.4. The smallest absolute Gasteiger partial charge is 0.271 e. The third-order valence-corrected chi connectivity index (χ3v) is 7.80. The van der Waals surface area contributed by atoms with Crippen molar-refractivity contribution in [3.63, 3.8) is 0 Å². The van der Waals surface area contributed by atoms with E-state index in [4.69, 9.17) is 11.6 Å². The van der Waals surface area contributed by atoms with Crippen molar-refractivity contribution >= 4 is 50.2 Å². The summed E-state index contributed by atoms with van der Waals surface area (Å²) in [5.74, 6) is -0.513. The summed E-state index contributed by atoms with van der Waals surface area (Å²) in [6, 6.07) is 7.56. The van der Waals surface area contributed by atoms with Crippen LogP contribution >= 0.6 is 22.9 Å². The molecule has 27 heavy (non-hydrogen) atoms. The van der Waals surface area contributed by atoms with Crippen LogP contribution in [0, 0.1) is 10.1 Å². The Morgan fingerprint density at radius 2 is 2.07 bits per heavy atom. The van der Waals surface area contributed by atoms with E-state index in [0.717, 1.165) is 11.3 Å². The number of carbonyl (C=O) groups is 1. The average molecular weight is 430 g/mol. The lowest BCUT2D eigenvalue weighted by molar-refractivity contribution is -0.384. The van der Waals surface area contributed by atoms with Crippen molar-refractivity contribution < 1.29 is 18.1 Å². The van der Waals surface area contributed by atoms with Gasteiger partial charge in [-0.2, -0.15) is 4.31 Å². The molecule has 1 amide bonds. The number of halogens is 1. The highest BCUT2D eigenvalue weighted by molar-refractivity contribution is 7.91. The van der Waals surface area contributed by atoms with Crippen LogP contribution in [0.4, 0.5) is 11.4 Å². The molecular weight excluding hydrogens is 414 g/mol. The van der Waals surface area contributed by atoms with Crippen LogP contribution < -0.4 is 5.32 Å². The van der Waals surface area contributed by atoms with Gasteiger partial charge in [-0.15, -0.1) is 11.3 Å². The minimum Gasteiger partial charge on any atom is -0.324 e. The first-order valence-corrected chi connectivity index (χ1v) is 10.7. The molecule has 2 heterocycles. The topological polar surface area (TPSA) is 110 Å². The minimum absolute atomic E-state index is 0.0857. The first-order valence-electron chi connectivity index (χ1n) is 8.11. The molecule has 0 unspecified atom stereocenters. The maximum atomic E-state index is 12.9. The Balaban J connectivity index is 1.84. The Hall–Kier alpha value is -2.01. The summed E-state index contributed by atoms with van der Waals surface area (Å²) in [6.07, 6.45) is 1.74. The molecule has 1 aliphatic heterocycles. The van der Waals surface area contributed by atoms with Crippen molar-refractivity contribution in [1.29, 1.82) is 0 Å². The molecule has 1 aliphatic rings. The van der Waals surface area contributed by atoms with Crippen LogP contribution in [0.2, 0.25) is 4.34 Å². The number of nitrogens with one attached hydrogen (secondary N) is 1. The number of nitrogens with zero attached hydrogens (tertiary/aromatic N) is 2. The molecule has 11 heteroatoms. The Bertz CT molecular complexity index is 976. The Morgan fingerprint density at radius 1 is 1.30 bits per heavy atom. The van der Waals surface area contributed by atoms with E-state index < -0.39 is 26.9 Å². The first-order chi connectivity index (χ1) is 12.8. The molecule has 1 N–H and O–H groups in total. The van der Waals surface area contributed by atoms with Gasteiger partial charge < -0.3 is 5.32 Å². The normalized spacial score (nSPS) is 18.2. The maximum absolute atomic E-state index is 12.9. The zero-order chi connectivity index (χ0) is 19.6. The van der Waals surface area contributed by atoms with Crippen molar-refractivity contribution in [3.05, 3.63) is 50.8 Å². The van der Waals surface area contributed by atoms with E-state index >= 15 is 0 Å². The van der Waals surface area contributed by atoms with Crippen molar-refractivity contribution in [2.75, 3.05) is 11.9 Å². The number of anilines is 1. The molecule has 1 aromatic heterocycles. The summed E-state index contributed by atoms with van der Waals surface area (Å²) in [5.41, 5.74) is 0.0884. The highest BCUT2D eigenvalue weighted by Crippen LogP contribution is 2.32. The second-order valence-corrected chi connectivity index (χ2v) is 9.82. The number of nitro groups is 1. The van der Waals surface area contributed by atoms with E-state index in [1.807, 2.05) is 0 Å². The number of amides is 1. The highest BCUT2D eigenvalue weighted by Gasteiger charge is 2.38. The molecule has 1 aromatic carbocycles. The fraction of sp³-hybridized carbons (Fsp3) is 0.312. The van der Waals surface area contributed by atoms with Crippen LogP contribution in [-0.2, 0) is 14.8 Å². The van der Waals surface area contributed by atoms with Crippen molar-refractivity contribution in [2.45, 2.75) is 29.5 Å². The molecule has 0 spiro atoms. The molecule has 0 saturated carbocycles. The minimum atomic E-state index is -3.85. The summed E-state index contributed by atoms with van der Waals surface area (Å²) in [5, 5.41) is 13.5. The van der Waals surface area contributed by atoms with E-state index in [1.54, 1.807) is 0 Å². The van der Waals surface area contributed by atoms with Gasteiger partial charge in [0.25, 0.3) is 15.7 Å². The maximum Gasteiger partial charge on any atom is 0.271 e. The lowest BCUT2D eigenvalue weighted by atomic mass is 10.0. The number of hydrogen-bond donors (Lipinski definition) is 1. The third kappa shape index (κ3) is 4.29. The van der Waals surface area contributed by atoms with Gasteiger partial charge in [0.1, 0.15) is 10.3 Å². The predicted molar refractivity (Wildman–Crippen MR) is 103 cm³/mol. The van der Waals surface area contributed by atoms with Gasteiger partial charge in [-0.3, -0.25) is 14.9 Å². The molecule has 3 rings (SSSR count). The molecule has 144 valence electrons. The van der Waals surface area contributed by atoms with Crippen LogP contribution in [0.5, 0.6) is 0 Å². The molecule has 1 saturated heterocycles. The molecule has 1 fully saturated rings. The third-order valence-electron chi connectivity index (χ3n) is 4.19. The summed E-state index contributed by atoms with van der Waals surface area (Å²) in [7, 11) is -3.85. The summed E-state index contributed by atoms with van der Waals surface area (Å²) in [6.45, 7) is 0.227. The van der Waals surface area contributed by atoms with Gasteiger partial charge in [-0.25, -0.2) is 8.42 Å². The molecule has 0 radical (unpaired) electrons. The summed E-state index contributed by atoms with van der Waals surface area (Å²) in [4.78, 5) is 23.0. The molecule has 1 atom stereocenters. The van der Waals surface area contributed by atoms with Gasteiger partial charge in [0, 0.05) is 24.4 Å². The quantitative estimate of drug-likeness (QED) is 0.577. The van der Waals surface area contributed by atoms with Crippen molar-refractivity contribution in [1.82, 2.24) is 4.31 Å². The molecule has 0 bridgehead atoms. The SMILES string of the molecule is O=C(Nc1cccc([N+](=O)[O-])c1)[C@H]1CCCCN1S(=O)(=O)c1ccc(Cl)s1. The average Bonchev–Trinajstić information content (AvgIpc) is 3.09. The number of non-ortho nitro benzene ring substituents is 1. The predicted octanol–water partition coefficient (Wildman–Crippen LogP) is 3.49. The van der Waals surface area contributed by atoms with E-state index in [2.05, 4.69) is 5.32 Å². The van der Waals surface area contributed by atoms with E-state index in [9.17, 15) is 23.3 Å². The molecule has 2 aromatic rings. The Kier molecular flexibility index (Phi) is 5.80. The van der Waals surface area contributed by atoms with Gasteiger partial charge in [-0.1, -0.05) is 24.1 Å². The molecule has 0 aliphatic carbocycles. The van der Waals surface area contributed by atoms with Crippen LogP contribution in [0.1, 0.15) is 19.3 Å². The number of piperidine rings is 1. The number of thiophene rings is 1. The standard InChI is InChI=1S/C16H16ClN3O5S2/c17-14-7-8-15(26-14)27(24,25)19-9-2-1-6-13(19)16(21)18-11-4-3-5-12(10-11)20(22)23/h3-5,7-8,10,13H,1-2,6,9H2,(H,18,21)/t13-/m1/s1. The number of carbonyl (C=O) groups excluding carboxylic acids is 1. The van der Waals surface area contributed by atoms with Gasteiger partial charge in [0.05, 0.1) is 9.26 Å². The van der Waals surface area contributed by atoms with Gasteiger partial charge >= 0.3 is 0 Å². The van der Waals surface area contributed by atoms with Gasteiger partial charge in [-0.05, 0) is 31.0 Å². The summed E-state index contributed by atoms with van der Waals surface area (Å²) >= 11 is 6.79. The largest absolute Gasteiger partial charge is 0.324 e. The van der Waals surface area contributed by atoms with Crippen LogP contribution in [0.25, 0.3) is 0 Å². The lowest BCUT2D eigenvalue weighted by Gasteiger charge is -2.33. The van der Waals surface area contributed by atoms with E-state index in [-0.39, 0.29) is 22.1 Å². The number of rotatable bonds is 5. The van der Waals surface area contributed by atoms with Crippen molar-refractivity contribution in [2.24, 2.45) is 0 Å². The van der Waals surface area contributed by atoms with Gasteiger partial charge in [0.2, 0.25) is 5.91 Å². The number of benzene rings is 1. The van der Waals surface area contributed by atoms with E-state index in [1.165, 1.54) is 40.7 Å². The van der Waals surface area contributed by atoms with E-state index in [0.29, 0.717) is 23.6 Å². The fourth-order valence-corrected chi connectivity index (χ4v) is 6.20. The van der Waals surface area contributed by atoms with Crippen LogP contribution in [0.15, 0.2) is 40.6 Å². The zero-order valence-electron chi connectivity index (χ0n) is 14.0. The van der Waals surface area contributed by atoms with Crippen LogP contribution in [-0.4, -0.2) is 36.1 Å². The fourth-order valence-electron chi connectivity index (χ4n) is 2.93. The number of sulfonamides is 1.